The van der Waals surface area contributed by atoms with Gasteiger partial charge in [0.2, 0.25) is 5.91 Å². The molecule has 100 valence electrons. The SMILES string of the molecule is CCN(CC)C(=O)CCN(C)Cc1ccccc1. The van der Waals surface area contributed by atoms with Crippen molar-refractivity contribution >= 4 is 5.91 Å². The topological polar surface area (TPSA) is 23.6 Å². The maximum absolute atomic E-state index is 11.9. The predicted molar refractivity (Wildman–Crippen MR) is 75.3 cm³/mol. The fourth-order valence-corrected chi connectivity index (χ4v) is 2.00. The van der Waals surface area contributed by atoms with Crippen LogP contribution in [-0.2, 0) is 11.3 Å². The Labute approximate surface area is 110 Å². The van der Waals surface area contributed by atoms with Gasteiger partial charge in [-0.1, -0.05) is 30.3 Å². The highest BCUT2D eigenvalue weighted by molar-refractivity contribution is 5.76. The minimum Gasteiger partial charge on any atom is -0.343 e. The van der Waals surface area contributed by atoms with Crippen molar-refractivity contribution in [2.45, 2.75) is 26.8 Å². The second-order valence-corrected chi connectivity index (χ2v) is 4.54. The Kier molecular flexibility index (Phi) is 6.44. The van der Waals surface area contributed by atoms with E-state index in [1.54, 1.807) is 0 Å². The summed E-state index contributed by atoms with van der Waals surface area (Å²) < 4.78 is 0. The molecule has 0 fully saturated rings. The quantitative estimate of drug-likeness (QED) is 0.739. The molecule has 0 spiro atoms. The van der Waals surface area contributed by atoms with Gasteiger partial charge >= 0.3 is 0 Å². The van der Waals surface area contributed by atoms with E-state index < -0.39 is 0 Å². The predicted octanol–water partition coefficient (Wildman–Crippen LogP) is 2.38. The van der Waals surface area contributed by atoms with Gasteiger partial charge in [-0.25, -0.2) is 0 Å². The first-order valence-corrected chi connectivity index (χ1v) is 6.67. The minimum atomic E-state index is 0.250. The molecule has 0 bridgehead atoms. The molecule has 18 heavy (non-hydrogen) atoms. The van der Waals surface area contributed by atoms with E-state index in [2.05, 4.69) is 24.1 Å². The minimum absolute atomic E-state index is 0.250. The number of benzene rings is 1. The zero-order valence-electron chi connectivity index (χ0n) is 11.7. The summed E-state index contributed by atoms with van der Waals surface area (Å²) in [7, 11) is 2.06. The number of rotatable bonds is 7. The molecular weight excluding hydrogens is 224 g/mol. The van der Waals surface area contributed by atoms with Gasteiger partial charge in [-0.15, -0.1) is 0 Å². The monoisotopic (exact) mass is 248 g/mol. The molecule has 0 aromatic heterocycles. The highest BCUT2D eigenvalue weighted by Gasteiger charge is 2.10. The fraction of sp³-hybridized carbons (Fsp3) is 0.533. The first-order valence-electron chi connectivity index (χ1n) is 6.67. The van der Waals surface area contributed by atoms with E-state index in [4.69, 9.17) is 0 Å². The number of carbonyl (C=O) groups excluding carboxylic acids is 1. The maximum Gasteiger partial charge on any atom is 0.223 e. The summed E-state index contributed by atoms with van der Waals surface area (Å²) in [4.78, 5) is 15.9. The van der Waals surface area contributed by atoms with Crippen molar-refractivity contribution in [3.63, 3.8) is 0 Å². The van der Waals surface area contributed by atoms with Crippen molar-refractivity contribution in [1.82, 2.24) is 9.80 Å². The first kappa shape index (κ1) is 14.7. The molecular formula is C15H24N2O. The van der Waals surface area contributed by atoms with Crippen LogP contribution in [0.1, 0.15) is 25.8 Å². The van der Waals surface area contributed by atoms with Crippen molar-refractivity contribution in [2.75, 3.05) is 26.7 Å². The van der Waals surface area contributed by atoms with Crippen molar-refractivity contribution in [1.29, 1.82) is 0 Å². The van der Waals surface area contributed by atoms with E-state index in [9.17, 15) is 4.79 Å². The fourth-order valence-electron chi connectivity index (χ4n) is 2.00. The molecule has 0 heterocycles. The molecule has 3 nitrogen and oxygen atoms in total. The Balaban J connectivity index is 2.33. The second kappa shape index (κ2) is 7.88. The molecule has 0 unspecified atom stereocenters. The summed E-state index contributed by atoms with van der Waals surface area (Å²) in [6, 6.07) is 10.3. The lowest BCUT2D eigenvalue weighted by molar-refractivity contribution is -0.131. The van der Waals surface area contributed by atoms with E-state index in [0.29, 0.717) is 6.42 Å². The molecule has 0 aliphatic carbocycles. The van der Waals surface area contributed by atoms with Crippen LogP contribution in [0.25, 0.3) is 0 Å². The lowest BCUT2D eigenvalue weighted by Crippen LogP contribution is -2.33. The van der Waals surface area contributed by atoms with Crippen molar-refractivity contribution < 1.29 is 4.79 Å². The standard InChI is InChI=1S/C15H24N2O/c1-4-17(5-2)15(18)11-12-16(3)13-14-9-7-6-8-10-14/h6-10H,4-5,11-13H2,1-3H3. The zero-order valence-corrected chi connectivity index (χ0v) is 11.7. The Hall–Kier alpha value is -1.35. The third kappa shape index (κ3) is 4.88. The average molecular weight is 248 g/mol. The highest BCUT2D eigenvalue weighted by Crippen LogP contribution is 2.03. The third-order valence-corrected chi connectivity index (χ3v) is 3.12. The molecule has 0 radical (unpaired) electrons. The smallest absolute Gasteiger partial charge is 0.223 e. The molecule has 0 atom stereocenters. The summed E-state index contributed by atoms with van der Waals surface area (Å²) >= 11 is 0. The van der Waals surface area contributed by atoms with Crippen LogP contribution in [0.15, 0.2) is 30.3 Å². The van der Waals surface area contributed by atoms with E-state index in [-0.39, 0.29) is 5.91 Å². The molecule has 0 saturated heterocycles. The van der Waals surface area contributed by atoms with Crippen LogP contribution in [0, 0.1) is 0 Å². The third-order valence-electron chi connectivity index (χ3n) is 3.12. The van der Waals surface area contributed by atoms with Gasteiger partial charge in [0, 0.05) is 32.6 Å². The molecule has 0 N–H and O–H groups in total. The van der Waals surface area contributed by atoms with E-state index >= 15 is 0 Å². The van der Waals surface area contributed by atoms with Gasteiger partial charge in [-0.3, -0.25) is 4.79 Å². The number of hydrogen-bond donors (Lipinski definition) is 0. The molecule has 1 rings (SSSR count). The van der Waals surface area contributed by atoms with Crippen LogP contribution in [0.3, 0.4) is 0 Å². The lowest BCUT2D eigenvalue weighted by atomic mass is 10.2. The molecule has 1 amide bonds. The van der Waals surface area contributed by atoms with Crippen LogP contribution in [0.5, 0.6) is 0 Å². The van der Waals surface area contributed by atoms with Crippen LogP contribution in [0.4, 0.5) is 0 Å². The van der Waals surface area contributed by atoms with Crippen LogP contribution < -0.4 is 0 Å². The van der Waals surface area contributed by atoms with Crippen LogP contribution in [0.2, 0.25) is 0 Å². The van der Waals surface area contributed by atoms with Crippen molar-refractivity contribution in [3.8, 4) is 0 Å². The number of carbonyl (C=O) groups is 1. The van der Waals surface area contributed by atoms with Crippen LogP contribution >= 0.6 is 0 Å². The van der Waals surface area contributed by atoms with E-state index in [0.717, 1.165) is 26.2 Å². The Morgan fingerprint density at radius 1 is 1.11 bits per heavy atom. The van der Waals surface area contributed by atoms with Gasteiger partial charge in [0.25, 0.3) is 0 Å². The maximum atomic E-state index is 11.9. The van der Waals surface area contributed by atoms with E-state index in [1.165, 1.54) is 5.56 Å². The molecule has 1 aromatic carbocycles. The van der Waals surface area contributed by atoms with Crippen LogP contribution in [-0.4, -0.2) is 42.4 Å². The van der Waals surface area contributed by atoms with Crippen molar-refractivity contribution in [2.24, 2.45) is 0 Å². The normalized spacial score (nSPS) is 10.7. The highest BCUT2D eigenvalue weighted by atomic mass is 16.2. The first-order chi connectivity index (χ1) is 8.67. The van der Waals surface area contributed by atoms with Gasteiger partial charge in [0.05, 0.1) is 0 Å². The van der Waals surface area contributed by atoms with E-state index in [1.807, 2.05) is 36.9 Å². The summed E-state index contributed by atoms with van der Waals surface area (Å²) in [5.41, 5.74) is 1.29. The molecule has 0 aliphatic heterocycles. The zero-order chi connectivity index (χ0) is 13.4. The second-order valence-electron chi connectivity index (χ2n) is 4.54. The van der Waals surface area contributed by atoms with Gasteiger partial charge in [0.1, 0.15) is 0 Å². The summed E-state index contributed by atoms with van der Waals surface area (Å²) in [6.07, 6.45) is 0.602. The summed E-state index contributed by atoms with van der Waals surface area (Å²) in [5, 5.41) is 0. The Bertz CT molecular complexity index is 347. The Morgan fingerprint density at radius 2 is 1.72 bits per heavy atom. The lowest BCUT2D eigenvalue weighted by Gasteiger charge is -2.21. The average Bonchev–Trinajstić information content (AvgIpc) is 2.39. The van der Waals surface area contributed by atoms with Gasteiger partial charge in [-0.05, 0) is 26.5 Å². The summed E-state index contributed by atoms with van der Waals surface area (Å²) in [5.74, 6) is 0.250. The number of hydrogen-bond acceptors (Lipinski definition) is 2. The van der Waals surface area contributed by atoms with Gasteiger partial charge < -0.3 is 9.80 Å². The largest absolute Gasteiger partial charge is 0.343 e. The Morgan fingerprint density at radius 3 is 2.28 bits per heavy atom. The van der Waals surface area contributed by atoms with Crippen molar-refractivity contribution in [3.05, 3.63) is 35.9 Å². The number of nitrogens with zero attached hydrogens (tertiary/aromatic N) is 2. The van der Waals surface area contributed by atoms with Gasteiger partial charge in [0.15, 0.2) is 0 Å². The number of amides is 1. The molecule has 1 aromatic rings. The molecule has 3 heteroatoms. The molecule has 0 saturated carbocycles. The summed E-state index contributed by atoms with van der Waals surface area (Å²) in [6.45, 7) is 7.36. The molecule has 0 aliphatic rings. The van der Waals surface area contributed by atoms with Gasteiger partial charge in [-0.2, -0.15) is 0 Å².